The number of rotatable bonds is 2. The van der Waals surface area contributed by atoms with Gasteiger partial charge in [0.05, 0.1) is 32.3 Å². The van der Waals surface area contributed by atoms with Crippen LogP contribution in [0, 0.1) is 0 Å². The number of hydrogen-bond donors (Lipinski definition) is 0. The molecular weight excluding hydrogens is 440 g/mol. The molecule has 8 aromatic rings. The first kappa shape index (κ1) is 8.69. The first-order valence-corrected chi connectivity index (χ1v) is 10.6. The summed E-state index contributed by atoms with van der Waals surface area (Å²) in [6.07, 6.45) is 1.01. The molecule has 0 amide bonds. The van der Waals surface area contributed by atoms with Crippen molar-refractivity contribution in [3.8, 4) is 22.3 Å². The summed E-state index contributed by atoms with van der Waals surface area (Å²) in [6, 6.07) is -13.7. The molecule has 0 fully saturated rings. The van der Waals surface area contributed by atoms with Gasteiger partial charge in [-0.15, -0.1) is 0 Å². The van der Waals surface area contributed by atoms with E-state index >= 15 is 0 Å². The van der Waals surface area contributed by atoms with Crippen molar-refractivity contribution in [3.63, 3.8) is 0 Å². The second-order valence-corrected chi connectivity index (χ2v) is 7.86. The molecule has 0 unspecified atom stereocenters. The molecule has 2 heteroatoms. The van der Waals surface area contributed by atoms with Gasteiger partial charge in [0.15, 0.2) is 0 Å². The number of benzene rings is 6. The lowest BCUT2D eigenvalue weighted by Gasteiger charge is -2.17. The van der Waals surface area contributed by atoms with Gasteiger partial charge in [-0.3, -0.25) is 0 Å². The van der Waals surface area contributed by atoms with Crippen molar-refractivity contribution in [2.75, 3.05) is 0 Å². The monoisotopic (exact) mass is 479 g/mol. The maximum atomic E-state index is 9.31. The molecule has 0 bridgehead atoms. The minimum Gasteiger partial charge on any atom is -0.464 e. The molecule has 2 aromatic heterocycles. The Kier molecular flexibility index (Phi) is 1.77. The molecule has 36 heavy (non-hydrogen) atoms. The molecule has 0 spiro atoms. The van der Waals surface area contributed by atoms with Gasteiger partial charge < -0.3 is 8.83 Å². The highest BCUT2D eigenvalue weighted by molar-refractivity contribution is 6.24. The fourth-order valence-corrected chi connectivity index (χ4v) is 4.53. The van der Waals surface area contributed by atoms with Gasteiger partial charge in [0.2, 0.25) is 0 Å². The van der Waals surface area contributed by atoms with Crippen LogP contribution < -0.4 is 0 Å². The number of furan rings is 2. The Hall–Kier alpha value is -4.82. The zero-order valence-corrected chi connectivity index (χ0v) is 17.9. The van der Waals surface area contributed by atoms with Crippen LogP contribution in [0.5, 0.6) is 0 Å². The van der Waals surface area contributed by atoms with Crippen LogP contribution in [0.2, 0.25) is 0 Å². The summed E-state index contributed by atoms with van der Waals surface area (Å²) < 4.78 is 177. The summed E-state index contributed by atoms with van der Waals surface area (Å²) >= 11 is 0. The molecule has 0 radical (unpaired) electrons. The Labute approximate surface area is 233 Å². The van der Waals surface area contributed by atoms with Gasteiger partial charge in [-0.2, -0.15) is 0 Å². The van der Waals surface area contributed by atoms with Crippen molar-refractivity contribution in [2.24, 2.45) is 0 Å². The third kappa shape index (κ3) is 2.67. The topological polar surface area (TPSA) is 26.3 Å². The predicted molar refractivity (Wildman–Crippen MR) is 149 cm³/mol. The van der Waals surface area contributed by atoms with Gasteiger partial charge in [-0.25, -0.2) is 0 Å². The van der Waals surface area contributed by atoms with Crippen LogP contribution in [0.3, 0.4) is 0 Å². The fraction of sp³-hybridized carbons (Fsp3) is 0. The molecular formula is C34H20O2. The van der Waals surface area contributed by atoms with E-state index in [2.05, 4.69) is 0 Å². The molecule has 0 N–H and O–H groups in total. The van der Waals surface area contributed by atoms with E-state index in [9.17, 15) is 1.37 Å². The highest BCUT2D eigenvalue weighted by atomic mass is 16.3. The van der Waals surface area contributed by atoms with E-state index in [1.165, 1.54) is 0 Å². The molecule has 0 aliphatic heterocycles. The van der Waals surface area contributed by atoms with Crippen LogP contribution >= 0.6 is 0 Å². The first-order chi connectivity index (χ1) is 25.8. The summed E-state index contributed by atoms with van der Waals surface area (Å²) in [5, 5.41) is -2.43. The van der Waals surface area contributed by atoms with E-state index in [0.717, 1.165) is 6.26 Å². The van der Waals surface area contributed by atoms with E-state index in [1.54, 1.807) is 0 Å². The highest BCUT2D eigenvalue weighted by Crippen LogP contribution is 2.46. The zero-order chi connectivity index (χ0) is 40.2. The molecule has 6 aromatic carbocycles. The number of para-hydroxylation sites is 1. The maximum absolute atomic E-state index is 9.31. The van der Waals surface area contributed by atoms with Crippen LogP contribution in [0.4, 0.5) is 0 Å². The standard InChI is InChI=1S/C34H20O2/c1-2-10-21(11-3-1)33-23-13-4-6-15-25(23)34(26-16-7-5-14-24(26)33)29-20-35-31-18-27-22-12-8-9-17-30(22)36-32(27)19-28(29)31/h1-20H/i1D,2D,3D,4D,5D,6D,7D,8D,9D,10D,11D,12D,13D,14D,15D,16D,17D,18D,19D. The van der Waals surface area contributed by atoms with Crippen molar-refractivity contribution in [1.82, 2.24) is 0 Å². The van der Waals surface area contributed by atoms with Gasteiger partial charge in [0.25, 0.3) is 0 Å². The van der Waals surface area contributed by atoms with Gasteiger partial charge in [0.1, 0.15) is 16.7 Å². The molecule has 2 heterocycles. The molecule has 0 aliphatic carbocycles. The Morgan fingerprint density at radius 1 is 0.444 bits per heavy atom. The summed E-state index contributed by atoms with van der Waals surface area (Å²) in [5.74, 6) is 0. The van der Waals surface area contributed by atoms with Crippen molar-refractivity contribution in [2.45, 2.75) is 0 Å². The van der Waals surface area contributed by atoms with Crippen molar-refractivity contribution >= 4 is 54.5 Å². The SMILES string of the molecule is [2H]c1c([2H])c([2H])c(-c2c3c([2H])c([2H])c([2H])c([2H])c3c(-c3coc4c([2H])c5c(oc6c([2H])c([2H])c([2H])c([2H])c65)c([2H])c34)c3c([2H])c([2H])c([2H])c([2H])c23)c([2H])c1[2H]. The lowest BCUT2D eigenvalue weighted by Crippen LogP contribution is -1.90. The second kappa shape index (κ2) is 7.34. The lowest BCUT2D eigenvalue weighted by molar-refractivity contribution is 0.617. The fourth-order valence-electron chi connectivity index (χ4n) is 4.53. The quantitative estimate of drug-likeness (QED) is 0.231. The Bertz CT molecular complexity index is 3030. The third-order valence-corrected chi connectivity index (χ3v) is 6.00. The number of hydrogen-bond acceptors (Lipinski definition) is 2. The molecule has 0 atom stereocenters. The Morgan fingerprint density at radius 3 is 1.69 bits per heavy atom. The van der Waals surface area contributed by atoms with Crippen LogP contribution in [-0.4, -0.2) is 0 Å². The molecule has 2 nitrogen and oxygen atoms in total. The van der Waals surface area contributed by atoms with E-state index in [-0.39, 0.29) is 44.0 Å². The molecule has 8 rings (SSSR count). The summed E-state index contributed by atoms with van der Waals surface area (Å²) in [6.45, 7) is 0. The van der Waals surface area contributed by atoms with Gasteiger partial charge in [-0.1, -0.05) is 96.7 Å². The first-order valence-electron chi connectivity index (χ1n) is 20.1. The third-order valence-electron chi connectivity index (χ3n) is 6.00. The van der Waals surface area contributed by atoms with Gasteiger partial charge in [0, 0.05) is 27.3 Å². The van der Waals surface area contributed by atoms with E-state index in [1.807, 2.05) is 0 Å². The molecule has 0 aliphatic rings. The normalized spacial score (nSPS) is 19.3. The summed E-state index contributed by atoms with van der Waals surface area (Å²) in [5.41, 5.74) is -2.68. The smallest absolute Gasteiger partial charge is 0.136 e. The van der Waals surface area contributed by atoms with Gasteiger partial charge >= 0.3 is 0 Å². The Morgan fingerprint density at radius 2 is 1.00 bits per heavy atom. The van der Waals surface area contributed by atoms with Crippen LogP contribution in [-0.2, 0) is 0 Å². The molecule has 168 valence electrons. The van der Waals surface area contributed by atoms with Gasteiger partial charge in [-0.05, 0) is 50.8 Å². The predicted octanol–water partition coefficient (Wildman–Crippen LogP) is 9.97. The second-order valence-electron chi connectivity index (χ2n) is 7.86. The van der Waals surface area contributed by atoms with Crippen LogP contribution in [0.15, 0.2) is 130 Å². The van der Waals surface area contributed by atoms with Crippen molar-refractivity contribution in [3.05, 3.63) is 121 Å². The zero-order valence-electron chi connectivity index (χ0n) is 36.9. The van der Waals surface area contributed by atoms with Crippen LogP contribution in [0.1, 0.15) is 26.0 Å². The van der Waals surface area contributed by atoms with Crippen molar-refractivity contribution in [1.29, 1.82) is 0 Å². The number of fused-ring (bicyclic) bond motifs is 6. The average molecular weight is 480 g/mol. The van der Waals surface area contributed by atoms with E-state index in [4.69, 9.17) is 33.5 Å². The molecule has 0 saturated carbocycles. The van der Waals surface area contributed by atoms with E-state index in [0.29, 0.717) is 0 Å². The summed E-state index contributed by atoms with van der Waals surface area (Å²) in [7, 11) is 0. The summed E-state index contributed by atoms with van der Waals surface area (Å²) in [4.78, 5) is 0. The minimum absolute atomic E-state index is 0.185. The van der Waals surface area contributed by atoms with Crippen LogP contribution in [0.25, 0.3) is 76.7 Å². The highest BCUT2D eigenvalue weighted by Gasteiger charge is 2.20. The maximum Gasteiger partial charge on any atom is 0.136 e. The minimum atomic E-state index is -0.817. The molecule has 0 saturated heterocycles. The largest absolute Gasteiger partial charge is 0.464 e. The lowest BCUT2D eigenvalue weighted by atomic mass is 9.86. The van der Waals surface area contributed by atoms with E-state index < -0.39 is 147 Å². The average Bonchev–Trinajstić information content (AvgIpc) is 3.80. The Balaban J connectivity index is 1.70. The van der Waals surface area contributed by atoms with Crippen molar-refractivity contribution < 1.29 is 34.9 Å².